The molecule has 5 heteroatoms. The average Bonchev–Trinajstić information content (AvgIpc) is 2.90. The lowest BCUT2D eigenvalue weighted by molar-refractivity contribution is 0.0927. The van der Waals surface area contributed by atoms with Crippen molar-refractivity contribution in [2.75, 3.05) is 13.7 Å². The average molecular weight is 348 g/mol. The lowest BCUT2D eigenvalue weighted by Gasteiger charge is -2.14. The third-order valence-corrected chi connectivity index (χ3v) is 3.91. The van der Waals surface area contributed by atoms with Gasteiger partial charge in [-0.25, -0.2) is 0 Å². The number of benzene rings is 2. The first-order valence-corrected chi connectivity index (χ1v) is 7.34. The highest BCUT2D eigenvalue weighted by atomic mass is 79.9. The number of ether oxygens (including phenoxy) is 2. The molecule has 2 aromatic rings. The number of halogens is 1. The summed E-state index contributed by atoms with van der Waals surface area (Å²) < 4.78 is 11.7. The Morgan fingerprint density at radius 1 is 1.33 bits per heavy atom. The van der Waals surface area contributed by atoms with Crippen molar-refractivity contribution in [2.24, 2.45) is 0 Å². The van der Waals surface area contributed by atoms with Gasteiger partial charge in [0.05, 0.1) is 18.7 Å². The number of hydrogen-bond acceptors (Lipinski definition) is 3. The lowest BCUT2D eigenvalue weighted by atomic mass is 10.1. The van der Waals surface area contributed by atoms with E-state index in [1.54, 1.807) is 19.2 Å². The Balaban J connectivity index is 1.82. The molecule has 1 amide bonds. The van der Waals surface area contributed by atoms with E-state index < -0.39 is 0 Å². The normalized spacial score (nSPS) is 16.0. The van der Waals surface area contributed by atoms with Gasteiger partial charge >= 0.3 is 0 Å². The summed E-state index contributed by atoms with van der Waals surface area (Å²) in [6, 6.07) is 12.9. The standard InChI is InChI=1S/C16H14BrNO3/c1-20-15-8-10(17)6-7-12(15)16(19)18-13-9-21-14-5-3-2-4-11(13)14/h2-8,13H,9H2,1H3,(H,18,19). The van der Waals surface area contributed by atoms with Crippen molar-refractivity contribution >= 4 is 21.8 Å². The molecule has 0 aromatic heterocycles. The summed E-state index contributed by atoms with van der Waals surface area (Å²) in [5, 5.41) is 2.99. The number of methoxy groups -OCH3 is 1. The van der Waals surface area contributed by atoms with Crippen LogP contribution in [0.5, 0.6) is 11.5 Å². The summed E-state index contributed by atoms with van der Waals surface area (Å²) in [6.07, 6.45) is 0. The zero-order valence-electron chi connectivity index (χ0n) is 11.4. The minimum atomic E-state index is -0.176. The number of carbonyl (C=O) groups excluding carboxylic acids is 1. The Hall–Kier alpha value is -2.01. The van der Waals surface area contributed by atoms with Crippen LogP contribution in [0.3, 0.4) is 0 Å². The topological polar surface area (TPSA) is 47.6 Å². The molecule has 3 rings (SSSR count). The van der Waals surface area contributed by atoms with Gasteiger partial charge in [0, 0.05) is 10.0 Å². The summed E-state index contributed by atoms with van der Waals surface area (Å²) in [4.78, 5) is 12.4. The number of para-hydroxylation sites is 1. The molecule has 2 aromatic carbocycles. The summed E-state index contributed by atoms with van der Waals surface area (Å²) in [7, 11) is 1.55. The molecule has 0 spiro atoms. The van der Waals surface area contributed by atoms with E-state index in [-0.39, 0.29) is 11.9 Å². The summed E-state index contributed by atoms with van der Waals surface area (Å²) in [6.45, 7) is 0.448. The summed E-state index contributed by atoms with van der Waals surface area (Å²) in [5.41, 5.74) is 1.51. The molecular formula is C16H14BrNO3. The van der Waals surface area contributed by atoms with Crippen molar-refractivity contribution in [2.45, 2.75) is 6.04 Å². The first-order chi connectivity index (χ1) is 10.2. The van der Waals surface area contributed by atoms with Crippen molar-refractivity contribution in [1.29, 1.82) is 0 Å². The zero-order chi connectivity index (χ0) is 14.8. The van der Waals surface area contributed by atoms with Gasteiger partial charge in [-0.3, -0.25) is 4.79 Å². The van der Waals surface area contributed by atoms with E-state index >= 15 is 0 Å². The number of rotatable bonds is 3. The fraction of sp³-hybridized carbons (Fsp3) is 0.188. The second-order valence-corrected chi connectivity index (χ2v) is 5.64. The SMILES string of the molecule is COc1cc(Br)ccc1C(=O)NC1COc2ccccc21. The van der Waals surface area contributed by atoms with E-state index in [0.29, 0.717) is 17.9 Å². The van der Waals surface area contributed by atoms with Crippen LogP contribution < -0.4 is 14.8 Å². The predicted molar refractivity (Wildman–Crippen MR) is 82.8 cm³/mol. The highest BCUT2D eigenvalue weighted by molar-refractivity contribution is 9.10. The van der Waals surface area contributed by atoms with Gasteiger partial charge in [-0.15, -0.1) is 0 Å². The highest BCUT2D eigenvalue weighted by Crippen LogP contribution is 2.32. The summed E-state index contributed by atoms with van der Waals surface area (Å²) in [5.74, 6) is 1.18. The van der Waals surface area contributed by atoms with Gasteiger partial charge in [-0.05, 0) is 24.3 Å². The Morgan fingerprint density at radius 3 is 2.95 bits per heavy atom. The molecule has 4 nitrogen and oxygen atoms in total. The van der Waals surface area contributed by atoms with Crippen LogP contribution in [0.25, 0.3) is 0 Å². The van der Waals surface area contributed by atoms with E-state index in [9.17, 15) is 4.79 Å². The van der Waals surface area contributed by atoms with Crippen molar-refractivity contribution in [3.05, 3.63) is 58.1 Å². The monoisotopic (exact) mass is 347 g/mol. The molecule has 0 saturated carbocycles. The van der Waals surface area contributed by atoms with E-state index in [1.807, 2.05) is 30.3 Å². The van der Waals surface area contributed by atoms with E-state index in [1.165, 1.54) is 0 Å². The number of nitrogens with one attached hydrogen (secondary N) is 1. The quantitative estimate of drug-likeness (QED) is 0.926. The molecular weight excluding hydrogens is 334 g/mol. The van der Waals surface area contributed by atoms with Gasteiger partial charge in [-0.2, -0.15) is 0 Å². The Morgan fingerprint density at radius 2 is 2.14 bits per heavy atom. The Labute approximate surface area is 131 Å². The molecule has 108 valence electrons. The van der Waals surface area contributed by atoms with Crippen LogP contribution in [0.1, 0.15) is 22.0 Å². The number of fused-ring (bicyclic) bond motifs is 1. The molecule has 21 heavy (non-hydrogen) atoms. The lowest BCUT2D eigenvalue weighted by Crippen LogP contribution is -2.29. The predicted octanol–water partition coefficient (Wildman–Crippen LogP) is 3.32. The first kappa shape index (κ1) is 13.9. The molecule has 1 heterocycles. The maximum atomic E-state index is 12.4. The van der Waals surface area contributed by atoms with Gasteiger partial charge in [-0.1, -0.05) is 34.1 Å². The molecule has 0 bridgehead atoms. The van der Waals surface area contributed by atoms with Crippen LogP contribution in [0.4, 0.5) is 0 Å². The van der Waals surface area contributed by atoms with Crippen LogP contribution in [0, 0.1) is 0 Å². The van der Waals surface area contributed by atoms with Crippen molar-refractivity contribution in [3.8, 4) is 11.5 Å². The maximum absolute atomic E-state index is 12.4. The van der Waals surface area contributed by atoms with Crippen LogP contribution in [-0.4, -0.2) is 19.6 Å². The smallest absolute Gasteiger partial charge is 0.255 e. The van der Waals surface area contributed by atoms with Crippen molar-refractivity contribution < 1.29 is 14.3 Å². The molecule has 1 atom stereocenters. The van der Waals surface area contributed by atoms with E-state index in [4.69, 9.17) is 9.47 Å². The molecule has 0 radical (unpaired) electrons. The van der Waals surface area contributed by atoms with Crippen molar-refractivity contribution in [3.63, 3.8) is 0 Å². The van der Waals surface area contributed by atoms with E-state index in [2.05, 4.69) is 21.2 Å². The van der Waals surface area contributed by atoms with Crippen LogP contribution in [0.2, 0.25) is 0 Å². The minimum absolute atomic E-state index is 0.137. The van der Waals surface area contributed by atoms with Crippen LogP contribution in [0.15, 0.2) is 46.9 Å². The zero-order valence-corrected chi connectivity index (χ0v) is 13.0. The maximum Gasteiger partial charge on any atom is 0.255 e. The molecule has 1 unspecified atom stereocenters. The van der Waals surface area contributed by atoms with Gasteiger partial charge in [0.15, 0.2) is 0 Å². The van der Waals surface area contributed by atoms with Crippen LogP contribution >= 0.6 is 15.9 Å². The molecule has 0 fully saturated rings. The Bertz CT molecular complexity index is 687. The highest BCUT2D eigenvalue weighted by Gasteiger charge is 2.26. The van der Waals surface area contributed by atoms with Crippen LogP contribution in [-0.2, 0) is 0 Å². The largest absolute Gasteiger partial charge is 0.496 e. The molecule has 1 aliphatic heterocycles. The first-order valence-electron chi connectivity index (χ1n) is 6.55. The Kier molecular flexibility index (Phi) is 3.84. The number of amides is 1. The van der Waals surface area contributed by atoms with Crippen molar-refractivity contribution in [1.82, 2.24) is 5.32 Å². The minimum Gasteiger partial charge on any atom is -0.496 e. The van der Waals surface area contributed by atoms with Gasteiger partial charge in [0.2, 0.25) is 0 Å². The third kappa shape index (κ3) is 2.74. The second kappa shape index (κ2) is 5.77. The molecule has 1 N–H and O–H groups in total. The molecule has 1 aliphatic rings. The number of hydrogen-bond donors (Lipinski definition) is 1. The fourth-order valence-corrected chi connectivity index (χ4v) is 2.71. The third-order valence-electron chi connectivity index (χ3n) is 3.41. The second-order valence-electron chi connectivity index (χ2n) is 4.72. The molecule has 0 saturated heterocycles. The molecule has 0 aliphatic carbocycles. The summed E-state index contributed by atoms with van der Waals surface area (Å²) >= 11 is 3.36. The van der Waals surface area contributed by atoms with Gasteiger partial charge < -0.3 is 14.8 Å². The van der Waals surface area contributed by atoms with Gasteiger partial charge in [0.25, 0.3) is 5.91 Å². The van der Waals surface area contributed by atoms with Gasteiger partial charge in [0.1, 0.15) is 18.1 Å². The number of carbonyl (C=O) groups is 1. The van der Waals surface area contributed by atoms with E-state index in [0.717, 1.165) is 15.8 Å². The fourth-order valence-electron chi connectivity index (χ4n) is 2.37.